The minimum Gasteiger partial charge on any atom is -0.351 e. The van der Waals surface area contributed by atoms with Crippen molar-refractivity contribution in [1.82, 2.24) is 5.32 Å². The van der Waals surface area contributed by atoms with Crippen LogP contribution in [0, 0.1) is 12.7 Å². The number of benzene rings is 2. The molecule has 0 unspecified atom stereocenters. The summed E-state index contributed by atoms with van der Waals surface area (Å²) >= 11 is 0. The fourth-order valence-electron chi connectivity index (χ4n) is 2.89. The number of nitrogens with zero attached hydrogens (tertiary/aromatic N) is 1. The van der Waals surface area contributed by atoms with Crippen molar-refractivity contribution in [1.29, 1.82) is 0 Å². The first kappa shape index (κ1) is 17.4. The number of halogens is 1. The molecule has 0 aliphatic carbocycles. The summed E-state index contributed by atoms with van der Waals surface area (Å²) in [5.41, 5.74) is 2.40. The smallest absolute Gasteiger partial charge is 0.251 e. The largest absolute Gasteiger partial charge is 0.351 e. The van der Waals surface area contributed by atoms with Crippen LogP contribution in [0.3, 0.4) is 0 Å². The molecule has 3 rings (SSSR count). The number of sulfonamides is 1. The van der Waals surface area contributed by atoms with Gasteiger partial charge in [0, 0.05) is 18.7 Å². The van der Waals surface area contributed by atoms with E-state index < -0.39 is 15.9 Å². The number of carbonyl (C=O) groups excluding carboxylic acids is 1. The zero-order valence-electron chi connectivity index (χ0n) is 13.8. The third-order valence-electron chi connectivity index (χ3n) is 4.25. The second-order valence-corrected chi connectivity index (χ2v) is 8.00. The molecule has 2 aromatic rings. The molecule has 0 bridgehead atoms. The van der Waals surface area contributed by atoms with Crippen molar-refractivity contribution in [3.8, 4) is 0 Å². The van der Waals surface area contributed by atoms with Crippen molar-refractivity contribution >= 4 is 21.6 Å². The van der Waals surface area contributed by atoms with E-state index in [1.807, 2.05) is 18.2 Å². The van der Waals surface area contributed by atoms with Crippen LogP contribution in [0.5, 0.6) is 0 Å². The summed E-state index contributed by atoms with van der Waals surface area (Å²) in [5.74, 6) is -0.986. The highest BCUT2D eigenvalue weighted by molar-refractivity contribution is 7.92. The Hall–Kier alpha value is -2.41. The van der Waals surface area contributed by atoms with Gasteiger partial charge in [-0.2, -0.15) is 0 Å². The molecule has 0 fully saturated rings. The average molecular weight is 362 g/mol. The van der Waals surface area contributed by atoms with Gasteiger partial charge in [-0.3, -0.25) is 9.10 Å². The normalized spacial score (nSPS) is 13.6. The maximum Gasteiger partial charge on any atom is 0.251 e. The van der Waals surface area contributed by atoms with E-state index in [9.17, 15) is 17.6 Å². The first-order valence-corrected chi connectivity index (χ1v) is 9.62. The molecule has 1 aliphatic rings. The lowest BCUT2D eigenvalue weighted by Gasteiger charge is -2.19. The Morgan fingerprint density at radius 1 is 1.24 bits per heavy atom. The van der Waals surface area contributed by atoms with Crippen LogP contribution >= 0.6 is 0 Å². The molecule has 132 valence electrons. The highest BCUT2D eigenvalue weighted by Crippen LogP contribution is 2.29. The Morgan fingerprint density at radius 3 is 2.76 bits per heavy atom. The van der Waals surface area contributed by atoms with Crippen molar-refractivity contribution in [2.45, 2.75) is 13.3 Å². The molecule has 0 saturated heterocycles. The average Bonchev–Trinajstić information content (AvgIpc) is 3.02. The molecule has 1 amide bonds. The van der Waals surface area contributed by atoms with E-state index in [4.69, 9.17) is 0 Å². The van der Waals surface area contributed by atoms with E-state index in [1.54, 1.807) is 13.0 Å². The Balaban J connectivity index is 1.61. The van der Waals surface area contributed by atoms with Crippen molar-refractivity contribution in [2.75, 3.05) is 23.1 Å². The molecule has 0 saturated carbocycles. The number of para-hydroxylation sites is 1. The van der Waals surface area contributed by atoms with Gasteiger partial charge in [-0.25, -0.2) is 12.8 Å². The van der Waals surface area contributed by atoms with Gasteiger partial charge in [0.2, 0.25) is 10.0 Å². The number of carbonyl (C=O) groups is 1. The molecule has 1 N–H and O–H groups in total. The topological polar surface area (TPSA) is 66.5 Å². The molecule has 0 radical (unpaired) electrons. The van der Waals surface area contributed by atoms with Crippen LogP contribution in [0.15, 0.2) is 42.5 Å². The molecular formula is C18H19FN2O3S. The predicted molar refractivity (Wildman–Crippen MR) is 94.7 cm³/mol. The minimum absolute atomic E-state index is 0.00371. The van der Waals surface area contributed by atoms with E-state index in [0.29, 0.717) is 29.8 Å². The minimum atomic E-state index is -3.51. The number of anilines is 1. The van der Waals surface area contributed by atoms with Crippen LogP contribution in [0.4, 0.5) is 10.1 Å². The van der Waals surface area contributed by atoms with Crippen molar-refractivity contribution < 1.29 is 17.6 Å². The van der Waals surface area contributed by atoms with Gasteiger partial charge < -0.3 is 5.32 Å². The Morgan fingerprint density at radius 2 is 2.00 bits per heavy atom. The Kier molecular flexibility index (Phi) is 4.76. The molecule has 1 aliphatic heterocycles. The number of rotatable bonds is 5. The quantitative estimate of drug-likeness (QED) is 0.887. The molecule has 0 aromatic heterocycles. The second-order valence-electron chi connectivity index (χ2n) is 5.99. The molecule has 0 spiro atoms. The van der Waals surface area contributed by atoms with Gasteiger partial charge in [-0.15, -0.1) is 0 Å². The number of amides is 1. The summed E-state index contributed by atoms with van der Waals surface area (Å²) in [6.45, 7) is 1.99. The van der Waals surface area contributed by atoms with Gasteiger partial charge in [0.25, 0.3) is 5.91 Å². The third kappa shape index (κ3) is 3.66. The maximum atomic E-state index is 13.2. The molecule has 1 heterocycles. The standard InChI is InChI=1S/C18H19FN2O3S/c1-13-12-15(6-7-16(13)19)18(22)20-9-11-25(23,24)21-10-8-14-4-2-3-5-17(14)21/h2-7,12H,8-11H2,1H3,(H,20,22). The summed E-state index contributed by atoms with van der Waals surface area (Å²) in [7, 11) is -3.51. The lowest BCUT2D eigenvalue weighted by molar-refractivity contribution is 0.0956. The van der Waals surface area contributed by atoms with Crippen molar-refractivity contribution in [2.24, 2.45) is 0 Å². The SMILES string of the molecule is Cc1cc(C(=O)NCCS(=O)(=O)N2CCc3ccccc32)ccc1F. The molecule has 25 heavy (non-hydrogen) atoms. The van der Waals surface area contributed by atoms with Gasteiger partial charge in [0.05, 0.1) is 11.4 Å². The maximum absolute atomic E-state index is 13.2. The summed E-state index contributed by atoms with van der Waals surface area (Å²) < 4.78 is 39.7. The first-order chi connectivity index (χ1) is 11.9. The molecular weight excluding hydrogens is 343 g/mol. The number of fused-ring (bicyclic) bond motifs is 1. The number of aryl methyl sites for hydroxylation is 1. The summed E-state index contributed by atoms with van der Waals surface area (Å²) in [6, 6.07) is 11.5. The van der Waals surface area contributed by atoms with Crippen LogP contribution in [0.2, 0.25) is 0 Å². The Bertz CT molecular complexity index is 912. The lowest BCUT2D eigenvalue weighted by Crippen LogP contribution is -2.37. The van der Waals surface area contributed by atoms with Crippen LogP contribution in [0.1, 0.15) is 21.5 Å². The summed E-state index contributed by atoms with van der Waals surface area (Å²) in [6.07, 6.45) is 0.691. The van der Waals surface area contributed by atoms with Gasteiger partial charge in [0.15, 0.2) is 0 Å². The fourth-order valence-corrected chi connectivity index (χ4v) is 4.32. The number of nitrogens with one attached hydrogen (secondary N) is 1. The number of hydrogen-bond acceptors (Lipinski definition) is 3. The fraction of sp³-hybridized carbons (Fsp3) is 0.278. The van der Waals surface area contributed by atoms with E-state index in [2.05, 4.69) is 5.32 Å². The molecule has 2 aromatic carbocycles. The van der Waals surface area contributed by atoms with E-state index in [0.717, 1.165) is 5.56 Å². The van der Waals surface area contributed by atoms with Gasteiger partial charge in [-0.1, -0.05) is 18.2 Å². The van der Waals surface area contributed by atoms with Gasteiger partial charge in [0.1, 0.15) is 5.82 Å². The van der Waals surface area contributed by atoms with E-state index in [-0.39, 0.29) is 18.1 Å². The van der Waals surface area contributed by atoms with Crippen molar-refractivity contribution in [3.05, 3.63) is 65.0 Å². The lowest BCUT2D eigenvalue weighted by atomic mass is 10.1. The summed E-state index contributed by atoms with van der Waals surface area (Å²) in [5, 5.41) is 2.58. The molecule has 0 atom stereocenters. The molecule has 7 heteroatoms. The second kappa shape index (κ2) is 6.84. The van der Waals surface area contributed by atoms with Crippen LogP contribution in [-0.4, -0.2) is 33.2 Å². The van der Waals surface area contributed by atoms with Gasteiger partial charge in [-0.05, 0) is 48.7 Å². The summed E-state index contributed by atoms with van der Waals surface area (Å²) in [4.78, 5) is 12.1. The number of hydrogen-bond donors (Lipinski definition) is 1. The van der Waals surface area contributed by atoms with Crippen LogP contribution < -0.4 is 9.62 Å². The van der Waals surface area contributed by atoms with Gasteiger partial charge >= 0.3 is 0 Å². The molecule has 5 nitrogen and oxygen atoms in total. The van der Waals surface area contributed by atoms with E-state index in [1.165, 1.54) is 22.5 Å². The van der Waals surface area contributed by atoms with Crippen LogP contribution in [-0.2, 0) is 16.4 Å². The highest BCUT2D eigenvalue weighted by atomic mass is 32.2. The van der Waals surface area contributed by atoms with E-state index >= 15 is 0 Å². The highest BCUT2D eigenvalue weighted by Gasteiger charge is 2.28. The monoisotopic (exact) mass is 362 g/mol. The Labute approximate surface area is 146 Å². The van der Waals surface area contributed by atoms with Crippen LogP contribution in [0.25, 0.3) is 0 Å². The predicted octanol–water partition coefficient (Wildman–Crippen LogP) is 2.26. The third-order valence-corrected chi connectivity index (χ3v) is 6.02. The zero-order chi connectivity index (χ0) is 18.0. The zero-order valence-corrected chi connectivity index (χ0v) is 14.6. The first-order valence-electron chi connectivity index (χ1n) is 8.01. The van der Waals surface area contributed by atoms with Crippen molar-refractivity contribution in [3.63, 3.8) is 0 Å².